The molecule has 0 unspecified atom stereocenters. The van der Waals surface area contributed by atoms with Gasteiger partial charge in [0.15, 0.2) is 5.96 Å². The molecule has 25 heavy (non-hydrogen) atoms. The molecule has 0 saturated heterocycles. The minimum atomic E-state index is -0.177. The van der Waals surface area contributed by atoms with Gasteiger partial charge >= 0.3 is 0 Å². The van der Waals surface area contributed by atoms with Crippen molar-refractivity contribution in [1.29, 1.82) is 0 Å². The lowest BCUT2D eigenvalue weighted by Crippen LogP contribution is -2.38. The Hall–Kier alpha value is -1.95. The van der Waals surface area contributed by atoms with Crippen LogP contribution in [0.1, 0.15) is 34.5 Å². The minimum Gasteiger partial charge on any atom is -0.357 e. The first-order valence-electron chi connectivity index (χ1n) is 8.78. The van der Waals surface area contributed by atoms with E-state index in [0.717, 1.165) is 54.6 Å². The maximum atomic E-state index is 13.2. The van der Waals surface area contributed by atoms with Crippen molar-refractivity contribution in [2.45, 2.75) is 40.0 Å². The molecule has 6 heteroatoms. The monoisotopic (exact) mass is 362 g/mol. The standard InChI is InChI=1S/C19H27FN4S/c1-4-21-19(23-12-10-18-24-14(2)15(3)25-18)22-11-6-8-16-7-5-9-17(20)13-16/h5,7,9,13H,4,6,8,10-12H2,1-3H3,(H2,21,22,23). The molecular weight excluding hydrogens is 335 g/mol. The predicted molar refractivity (Wildman–Crippen MR) is 104 cm³/mol. The van der Waals surface area contributed by atoms with Gasteiger partial charge in [-0.05, 0) is 51.3 Å². The topological polar surface area (TPSA) is 49.3 Å². The number of rotatable bonds is 8. The van der Waals surface area contributed by atoms with Crippen LogP contribution in [0.4, 0.5) is 4.39 Å². The number of thiazole rings is 1. The molecule has 1 heterocycles. The van der Waals surface area contributed by atoms with Crippen LogP contribution in [0.15, 0.2) is 29.3 Å². The second-order valence-electron chi connectivity index (χ2n) is 5.92. The number of aryl methyl sites for hydroxylation is 3. The summed E-state index contributed by atoms with van der Waals surface area (Å²) in [6.07, 6.45) is 2.62. The van der Waals surface area contributed by atoms with Crippen LogP contribution in [0.25, 0.3) is 0 Å². The summed E-state index contributed by atoms with van der Waals surface area (Å²) in [5, 5.41) is 7.76. The fraction of sp³-hybridized carbons (Fsp3) is 0.474. The molecule has 0 aliphatic carbocycles. The number of hydrogen-bond donors (Lipinski definition) is 2. The van der Waals surface area contributed by atoms with E-state index in [9.17, 15) is 4.39 Å². The first-order chi connectivity index (χ1) is 12.1. The lowest BCUT2D eigenvalue weighted by atomic mass is 10.1. The highest BCUT2D eigenvalue weighted by Gasteiger charge is 2.04. The molecule has 0 aliphatic heterocycles. The number of benzene rings is 1. The van der Waals surface area contributed by atoms with Gasteiger partial charge in [-0.1, -0.05) is 12.1 Å². The fourth-order valence-corrected chi connectivity index (χ4v) is 3.38. The normalized spacial score (nSPS) is 11.6. The predicted octanol–water partition coefficient (Wildman–Crippen LogP) is 3.63. The number of hydrogen-bond acceptors (Lipinski definition) is 3. The van der Waals surface area contributed by atoms with Gasteiger partial charge in [-0.25, -0.2) is 9.37 Å². The molecule has 1 aromatic heterocycles. The Morgan fingerprint density at radius 1 is 1.24 bits per heavy atom. The maximum absolute atomic E-state index is 13.2. The zero-order chi connectivity index (χ0) is 18.1. The number of nitrogens with zero attached hydrogens (tertiary/aromatic N) is 2. The molecule has 2 rings (SSSR count). The Bertz CT molecular complexity index is 677. The summed E-state index contributed by atoms with van der Waals surface area (Å²) in [4.78, 5) is 10.4. The summed E-state index contributed by atoms with van der Waals surface area (Å²) in [7, 11) is 0. The average Bonchev–Trinajstić information content (AvgIpc) is 2.89. The highest BCUT2D eigenvalue weighted by molar-refractivity contribution is 7.11. The van der Waals surface area contributed by atoms with Crippen molar-refractivity contribution >= 4 is 17.3 Å². The smallest absolute Gasteiger partial charge is 0.191 e. The molecule has 2 aromatic rings. The van der Waals surface area contributed by atoms with Crippen molar-refractivity contribution in [1.82, 2.24) is 15.6 Å². The third-order valence-electron chi connectivity index (χ3n) is 3.83. The van der Waals surface area contributed by atoms with Gasteiger partial charge in [0.1, 0.15) is 5.82 Å². The molecule has 0 fully saturated rings. The van der Waals surface area contributed by atoms with Gasteiger partial charge < -0.3 is 10.6 Å². The molecule has 0 saturated carbocycles. The largest absolute Gasteiger partial charge is 0.357 e. The first-order valence-corrected chi connectivity index (χ1v) is 9.59. The molecule has 0 aliphatic rings. The first kappa shape index (κ1) is 19.4. The Labute approximate surface area is 153 Å². The van der Waals surface area contributed by atoms with E-state index in [4.69, 9.17) is 0 Å². The Balaban J connectivity index is 1.75. The van der Waals surface area contributed by atoms with Crippen LogP contribution in [-0.2, 0) is 12.8 Å². The van der Waals surface area contributed by atoms with Gasteiger partial charge in [0.05, 0.1) is 10.7 Å². The maximum Gasteiger partial charge on any atom is 0.191 e. The van der Waals surface area contributed by atoms with Crippen LogP contribution in [0.2, 0.25) is 0 Å². The van der Waals surface area contributed by atoms with Gasteiger partial charge in [0.25, 0.3) is 0 Å². The lowest BCUT2D eigenvalue weighted by molar-refractivity contribution is 0.624. The fourth-order valence-electron chi connectivity index (χ4n) is 2.44. The minimum absolute atomic E-state index is 0.177. The quantitative estimate of drug-likeness (QED) is 0.428. The average molecular weight is 363 g/mol. The van der Waals surface area contributed by atoms with Crippen LogP contribution >= 0.6 is 11.3 Å². The number of halogens is 1. The molecule has 0 spiro atoms. The third-order valence-corrected chi connectivity index (χ3v) is 4.96. The Kier molecular flexibility index (Phi) is 7.85. The van der Waals surface area contributed by atoms with Crippen molar-refractivity contribution in [3.05, 3.63) is 51.2 Å². The van der Waals surface area contributed by atoms with Crippen LogP contribution < -0.4 is 10.6 Å². The van der Waals surface area contributed by atoms with Gasteiger partial charge in [-0.3, -0.25) is 4.99 Å². The van der Waals surface area contributed by atoms with Gasteiger partial charge in [0, 0.05) is 30.9 Å². The highest BCUT2D eigenvalue weighted by Crippen LogP contribution is 2.16. The molecule has 0 atom stereocenters. The van der Waals surface area contributed by atoms with Crippen molar-refractivity contribution in [3.63, 3.8) is 0 Å². The molecular formula is C19H27FN4S. The van der Waals surface area contributed by atoms with Gasteiger partial charge in [0.2, 0.25) is 0 Å². The second-order valence-corrected chi connectivity index (χ2v) is 7.21. The summed E-state index contributed by atoms with van der Waals surface area (Å²) in [6, 6.07) is 6.77. The third kappa shape index (κ3) is 6.82. The molecule has 0 radical (unpaired) electrons. The van der Waals surface area contributed by atoms with Gasteiger partial charge in [-0.15, -0.1) is 11.3 Å². The molecule has 4 nitrogen and oxygen atoms in total. The summed E-state index contributed by atoms with van der Waals surface area (Å²) in [5.74, 6) is 0.649. The van der Waals surface area contributed by atoms with E-state index in [1.807, 2.05) is 13.0 Å². The van der Waals surface area contributed by atoms with E-state index < -0.39 is 0 Å². The summed E-state index contributed by atoms with van der Waals surface area (Å²) in [5.41, 5.74) is 2.14. The number of aliphatic imine (C=N–C) groups is 1. The van der Waals surface area contributed by atoms with E-state index in [1.165, 1.54) is 10.9 Å². The number of aromatic nitrogens is 1. The number of nitrogens with one attached hydrogen (secondary N) is 2. The van der Waals surface area contributed by atoms with Crippen LogP contribution in [0, 0.1) is 19.7 Å². The summed E-state index contributed by atoms with van der Waals surface area (Å²) < 4.78 is 13.2. The highest BCUT2D eigenvalue weighted by atomic mass is 32.1. The van der Waals surface area contributed by atoms with Gasteiger partial charge in [-0.2, -0.15) is 0 Å². The molecule has 1 aromatic carbocycles. The van der Waals surface area contributed by atoms with E-state index in [1.54, 1.807) is 23.5 Å². The zero-order valence-electron chi connectivity index (χ0n) is 15.2. The van der Waals surface area contributed by atoms with E-state index in [-0.39, 0.29) is 5.82 Å². The van der Waals surface area contributed by atoms with Crippen molar-refractivity contribution < 1.29 is 4.39 Å². The van der Waals surface area contributed by atoms with E-state index >= 15 is 0 Å². The van der Waals surface area contributed by atoms with Crippen LogP contribution in [0.3, 0.4) is 0 Å². The lowest BCUT2D eigenvalue weighted by Gasteiger charge is -2.10. The molecule has 0 bridgehead atoms. The van der Waals surface area contributed by atoms with E-state index in [2.05, 4.69) is 34.5 Å². The van der Waals surface area contributed by atoms with Crippen LogP contribution in [-0.4, -0.2) is 30.6 Å². The molecule has 136 valence electrons. The summed E-state index contributed by atoms with van der Waals surface area (Å²) in [6.45, 7) is 8.55. The van der Waals surface area contributed by atoms with Crippen molar-refractivity contribution in [3.8, 4) is 0 Å². The van der Waals surface area contributed by atoms with Crippen LogP contribution in [0.5, 0.6) is 0 Å². The molecule has 0 amide bonds. The Morgan fingerprint density at radius 2 is 2.08 bits per heavy atom. The van der Waals surface area contributed by atoms with Crippen molar-refractivity contribution in [2.75, 3.05) is 19.6 Å². The Morgan fingerprint density at radius 3 is 2.76 bits per heavy atom. The molecule has 2 N–H and O–H groups in total. The zero-order valence-corrected chi connectivity index (χ0v) is 16.0. The van der Waals surface area contributed by atoms with Crippen molar-refractivity contribution in [2.24, 2.45) is 4.99 Å². The van der Waals surface area contributed by atoms with E-state index in [0.29, 0.717) is 6.54 Å². The SMILES string of the molecule is CCNC(=NCCCc1cccc(F)c1)NCCc1nc(C)c(C)s1. The second kappa shape index (κ2) is 10.1. The number of guanidine groups is 1. The summed E-state index contributed by atoms with van der Waals surface area (Å²) >= 11 is 1.76.